The number of carbonyl (C=O) groups excluding carboxylic acids is 2. The smallest absolute Gasteiger partial charge is 0.298 e. The number of hydrogen-bond acceptors (Lipinski definition) is 4. The normalized spacial score (nSPS) is 17.3. The second-order valence-electron chi connectivity index (χ2n) is 4.25. The molecule has 0 aliphatic carbocycles. The average Bonchev–Trinajstić information content (AvgIpc) is 3.09. The number of anilines is 1. The van der Waals surface area contributed by atoms with Crippen LogP contribution in [0.3, 0.4) is 0 Å². The maximum absolute atomic E-state index is 12.3. The fourth-order valence-corrected chi connectivity index (χ4v) is 2.69. The van der Waals surface area contributed by atoms with Gasteiger partial charge in [-0.15, -0.1) is 0 Å². The van der Waals surface area contributed by atoms with E-state index >= 15 is 0 Å². The van der Waals surface area contributed by atoms with E-state index in [0.29, 0.717) is 16.4 Å². The maximum atomic E-state index is 12.3. The summed E-state index contributed by atoms with van der Waals surface area (Å²) >= 11 is 0.931. The van der Waals surface area contributed by atoms with E-state index in [0.717, 1.165) is 11.8 Å². The Bertz CT molecular complexity index is 717. The molecule has 2 amide bonds. The Morgan fingerprint density at radius 2 is 1.86 bits per heavy atom. The number of furan rings is 1. The van der Waals surface area contributed by atoms with Gasteiger partial charge in [0.25, 0.3) is 11.1 Å². The van der Waals surface area contributed by atoms with Crippen molar-refractivity contribution in [2.75, 3.05) is 4.90 Å². The summed E-state index contributed by atoms with van der Waals surface area (Å²) in [5.41, 5.74) is 0.582. The molecule has 1 aromatic carbocycles. The van der Waals surface area contributed by atoms with E-state index in [1.54, 1.807) is 60.9 Å². The molecule has 3 rings (SSSR count). The van der Waals surface area contributed by atoms with Gasteiger partial charge in [0.1, 0.15) is 5.76 Å². The van der Waals surface area contributed by atoms with Crippen LogP contribution in [0.5, 0.6) is 0 Å². The number of amides is 2. The highest BCUT2D eigenvalue weighted by atomic mass is 32.2. The number of thioether (sulfide) groups is 1. The van der Waals surface area contributed by atoms with Gasteiger partial charge in [0.15, 0.2) is 0 Å². The Morgan fingerprint density at radius 3 is 2.57 bits per heavy atom. The molecule has 0 saturated carbocycles. The second kappa shape index (κ2) is 5.85. The molecular weight excluding hydrogens is 286 g/mol. The molecule has 104 valence electrons. The van der Waals surface area contributed by atoms with Crippen molar-refractivity contribution in [3.63, 3.8) is 0 Å². The Labute approximate surface area is 125 Å². The van der Waals surface area contributed by atoms with Crippen molar-refractivity contribution >= 4 is 34.7 Å². The molecule has 0 bridgehead atoms. The molecule has 1 aliphatic rings. The van der Waals surface area contributed by atoms with E-state index in [9.17, 15) is 9.59 Å². The van der Waals surface area contributed by atoms with Gasteiger partial charge in [-0.3, -0.25) is 9.59 Å². The highest BCUT2D eigenvalue weighted by Gasteiger charge is 2.35. The van der Waals surface area contributed by atoms with E-state index in [-0.39, 0.29) is 11.1 Å². The van der Waals surface area contributed by atoms with Gasteiger partial charge < -0.3 is 4.42 Å². The molecule has 5 heteroatoms. The minimum Gasteiger partial charge on any atom is -0.465 e. The molecular formula is C16H11NO3S. The minimum absolute atomic E-state index is 0.288. The van der Waals surface area contributed by atoms with Gasteiger partial charge >= 0.3 is 0 Å². The van der Waals surface area contributed by atoms with Crippen molar-refractivity contribution in [3.8, 4) is 0 Å². The fourth-order valence-electron chi connectivity index (χ4n) is 1.90. The molecule has 21 heavy (non-hydrogen) atoms. The molecule has 0 atom stereocenters. The third kappa shape index (κ3) is 2.83. The number of allylic oxidation sites excluding steroid dienone is 2. The van der Waals surface area contributed by atoms with Crippen LogP contribution >= 0.6 is 11.8 Å². The number of benzene rings is 1. The highest BCUT2D eigenvalue weighted by Crippen LogP contribution is 2.34. The van der Waals surface area contributed by atoms with Gasteiger partial charge in [0, 0.05) is 0 Å². The third-order valence-electron chi connectivity index (χ3n) is 2.86. The minimum atomic E-state index is -0.305. The van der Waals surface area contributed by atoms with Gasteiger partial charge in [0.05, 0.1) is 16.9 Å². The first-order valence-corrected chi connectivity index (χ1v) is 7.10. The van der Waals surface area contributed by atoms with Crippen LogP contribution < -0.4 is 4.90 Å². The summed E-state index contributed by atoms with van der Waals surface area (Å²) in [7, 11) is 0. The number of para-hydroxylation sites is 1. The lowest BCUT2D eigenvalue weighted by atomic mass is 10.3. The molecule has 0 unspecified atom stereocenters. The molecule has 2 aromatic rings. The van der Waals surface area contributed by atoms with Crippen molar-refractivity contribution in [2.45, 2.75) is 0 Å². The highest BCUT2D eigenvalue weighted by molar-refractivity contribution is 8.18. The van der Waals surface area contributed by atoms with Gasteiger partial charge in [0.2, 0.25) is 0 Å². The van der Waals surface area contributed by atoms with Crippen LogP contribution in [0.4, 0.5) is 10.5 Å². The summed E-state index contributed by atoms with van der Waals surface area (Å²) in [5, 5.41) is -0.288. The molecule has 1 aromatic heterocycles. The van der Waals surface area contributed by atoms with Crippen LogP contribution in [-0.4, -0.2) is 11.1 Å². The van der Waals surface area contributed by atoms with Crippen LogP contribution in [0.15, 0.2) is 70.2 Å². The first-order valence-electron chi connectivity index (χ1n) is 6.29. The standard InChI is InChI=1S/C16H11NO3S/c18-15-14(10-4-8-13-9-5-11-20-13)21-16(19)17(15)12-6-2-1-3-7-12/h1-11H. The zero-order valence-corrected chi connectivity index (χ0v) is 11.7. The predicted octanol–water partition coefficient (Wildman–Crippen LogP) is 4.08. The van der Waals surface area contributed by atoms with Crippen LogP contribution in [0.25, 0.3) is 6.08 Å². The Morgan fingerprint density at radius 1 is 1.05 bits per heavy atom. The van der Waals surface area contributed by atoms with E-state index in [4.69, 9.17) is 4.42 Å². The van der Waals surface area contributed by atoms with E-state index in [1.807, 2.05) is 6.07 Å². The Hall–Kier alpha value is -2.53. The predicted molar refractivity (Wildman–Crippen MR) is 82.7 cm³/mol. The molecule has 1 fully saturated rings. The zero-order chi connectivity index (χ0) is 14.7. The molecule has 2 heterocycles. The number of nitrogens with zero attached hydrogens (tertiary/aromatic N) is 1. The fraction of sp³-hybridized carbons (Fsp3) is 0. The van der Waals surface area contributed by atoms with Crippen LogP contribution in [0.1, 0.15) is 5.76 Å². The van der Waals surface area contributed by atoms with Gasteiger partial charge in [-0.1, -0.05) is 24.3 Å². The number of hydrogen-bond donors (Lipinski definition) is 0. The van der Waals surface area contributed by atoms with Crippen molar-refractivity contribution in [1.29, 1.82) is 0 Å². The summed E-state index contributed by atoms with van der Waals surface area (Å²) in [4.78, 5) is 25.8. The Kier molecular flexibility index (Phi) is 3.75. The summed E-state index contributed by atoms with van der Waals surface area (Å²) < 4.78 is 5.15. The second-order valence-corrected chi connectivity index (χ2v) is 5.24. The average molecular weight is 297 g/mol. The maximum Gasteiger partial charge on any atom is 0.298 e. The summed E-state index contributed by atoms with van der Waals surface area (Å²) in [6.07, 6.45) is 6.62. The van der Waals surface area contributed by atoms with E-state index in [1.165, 1.54) is 4.90 Å². The SMILES string of the molecule is O=C1SC(=CC=Cc2ccco2)C(=O)N1c1ccccc1. The number of carbonyl (C=O) groups is 2. The lowest BCUT2D eigenvalue weighted by molar-refractivity contribution is -0.113. The summed E-state index contributed by atoms with van der Waals surface area (Å²) in [6, 6.07) is 12.5. The van der Waals surface area contributed by atoms with Gasteiger partial charge in [-0.2, -0.15) is 0 Å². The lowest BCUT2D eigenvalue weighted by Gasteiger charge is -2.11. The van der Waals surface area contributed by atoms with Crippen molar-refractivity contribution in [2.24, 2.45) is 0 Å². The van der Waals surface area contributed by atoms with E-state index in [2.05, 4.69) is 0 Å². The molecule has 1 aliphatic heterocycles. The molecule has 4 nitrogen and oxygen atoms in total. The zero-order valence-electron chi connectivity index (χ0n) is 10.9. The number of imide groups is 1. The first kappa shape index (κ1) is 13.5. The van der Waals surface area contributed by atoms with Gasteiger partial charge in [-0.25, -0.2) is 4.90 Å². The van der Waals surface area contributed by atoms with Gasteiger partial charge in [-0.05, 0) is 48.2 Å². The van der Waals surface area contributed by atoms with Crippen molar-refractivity contribution in [1.82, 2.24) is 0 Å². The van der Waals surface area contributed by atoms with Crippen LogP contribution in [0.2, 0.25) is 0 Å². The lowest BCUT2D eigenvalue weighted by Crippen LogP contribution is -2.27. The Balaban J connectivity index is 1.80. The molecule has 0 spiro atoms. The molecule has 0 N–H and O–H groups in total. The van der Waals surface area contributed by atoms with Crippen LogP contribution in [-0.2, 0) is 4.79 Å². The summed E-state index contributed by atoms with van der Waals surface area (Å²) in [5.74, 6) is 0.383. The topological polar surface area (TPSA) is 50.5 Å². The molecule has 0 radical (unpaired) electrons. The summed E-state index contributed by atoms with van der Waals surface area (Å²) in [6.45, 7) is 0. The quantitative estimate of drug-likeness (QED) is 0.801. The van der Waals surface area contributed by atoms with Crippen molar-refractivity contribution in [3.05, 3.63) is 71.5 Å². The third-order valence-corrected chi connectivity index (χ3v) is 3.75. The van der Waals surface area contributed by atoms with Crippen LogP contribution in [0, 0.1) is 0 Å². The number of rotatable bonds is 3. The first-order chi connectivity index (χ1) is 10.3. The largest absolute Gasteiger partial charge is 0.465 e. The molecule has 1 saturated heterocycles. The monoisotopic (exact) mass is 297 g/mol. The van der Waals surface area contributed by atoms with E-state index < -0.39 is 0 Å². The van der Waals surface area contributed by atoms with Crippen molar-refractivity contribution < 1.29 is 14.0 Å².